The molecule has 1 saturated heterocycles. The van der Waals surface area contributed by atoms with Crippen molar-refractivity contribution in [2.75, 3.05) is 18.0 Å². The summed E-state index contributed by atoms with van der Waals surface area (Å²) in [6.07, 6.45) is 9.95. The summed E-state index contributed by atoms with van der Waals surface area (Å²) in [7, 11) is 0. The largest absolute Gasteiger partial charge is 0.478 e. The van der Waals surface area contributed by atoms with Crippen molar-refractivity contribution in [1.29, 1.82) is 0 Å². The number of rotatable bonds is 6. The molecule has 6 nitrogen and oxygen atoms in total. The van der Waals surface area contributed by atoms with Crippen LogP contribution in [0.5, 0.6) is 0 Å². The van der Waals surface area contributed by atoms with Crippen molar-refractivity contribution in [2.45, 2.75) is 31.6 Å². The van der Waals surface area contributed by atoms with Gasteiger partial charge in [-0.1, -0.05) is 46.6 Å². The summed E-state index contributed by atoms with van der Waals surface area (Å²) in [5, 5.41) is 14.5. The third kappa shape index (κ3) is 4.63. The highest BCUT2D eigenvalue weighted by atomic mass is 35.5. The van der Waals surface area contributed by atoms with Crippen molar-refractivity contribution in [3.8, 4) is 11.3 Å². The summed E-state index contributed by atoms with van der Waals surface area (Å²) in [5.41, 5.74) is 2.58. The van der Waals surface area contributed by atoms with Gasteiger partial charge in [0.05, 0.1) is 15.6 Å². The maximum atomic E-state index is 11.0. The molecule has 0 atom stereocenters. The zero-order chi connectivity index (χ0) is 22.9. The predicted octanol–water partition coefficient (Wildman–Crippen LogP) is 6.55. The van der Waals surface area contributed by atoms with Crippen molar-refractivity contribution in [1.82, 2.24) is 10.1 Å². The number of aromatic nitrogens is 2. The van der Waals surface area contributed by atoms with Crippen LogP contribution in [0, 0.1) is 5.92 Å². The van der Waals surface area contributed by atoms with Crippen LogP contribution in [0.15, 0.2) is 47.1 Å². The van der Waals surface area contributed by atoms with Gasteiger partial charge < -0.3 is 14.5 Å². The van der Waals surface area contributed by atoms with E-state index in [4.69, 9.17) is 32.8 Å². The Hall–Kier alpha value is -2.83. The van der Waals surface area contributed by atoms with Gasteiger partial charge in [0.15, 0.2) is 0 Å². The summed E-state index contributed by atoms with van der Waals surface area (Å²) >= 11 is 12.9. The van der Waals surface area contributed by atoms with E-state index in [-0.39, 0.29) is 5.56 Å². The first-order valence-electron chi connectivity index (χ1n) is 11.1. The number of hydrogen-bond donors (Lipinski definition) is 1. The van der Waals surface area contributed by atoms with Gasteiger partial charge in [0.1, 0.15) is 17.3 Å². The number of carboxylic acid groups (broad SMARTS) is 1. The summed E-state index contributed by atoms with van der Waals surface area (Å²) < 4.78 is 5.75. The number of carbonyl (C=O) groups is 1. The third-order valence-electron chi connectivity index (χ3n) is 6.30. The van der Waals surface area contributed by atoms with Gasteiger partial charge in [0, 0.05) is 36.3 Å². The van der Waals surface area contributed by atoms with Gasteiger partial charge in [-0.3, -0.25) is 0 Å². The van der Waals surface area contributed by atoms with Crippen molar-refractivity contribution < 1.29 is 14.4 Å². The van der Waals surface area contributed by atoms with E-state index in [1.807, 2.05) is 18.2 Å². The van der Waals surface area contributed by atoms with E-state index in [1.165, 1.54) is 6.20 Å². The molecule has 1 aromatic carbocycles. The molecule has 0 radical (unpaired) electrons. The topological polar surface area (TPSA) is 79.5 Å². The minimum Gasteiger partial charge on any atom is -0.478 e. The highest BCUT2D eigenvalue weighted by Crippen LogP contribution is 2.46. The van der Waals surface area contributed by atoms with E-state index >= 15 is 0 Å². The Morgan fingerprint density at radius 2 is 1.82 bits per heavy atom. The Balaban J connectivity index is 1.32. The molecule has 170 valence electrons. The maximum Gasteiger partial charge on any atom is 0.337 e. The molecule has 0 bridgehead atoms. The summed E-state index contributed by atoms with van der Waals surface area (Å²) in [5.74, 6) is 1.59. The Bertz CT molecular complexity index is 1170. The summed E-state index contributed by atoms with van der Waals surface area (Å²) in [6, 6.07) is 8.83. The molecule has 1 aliphatic carbocycles. The molecule has 33 heavy (non-hydrogen) atoms. The number of benzene rings is 1. The second kappa shape index (κ2) is 9.20. The number of aromatic carboxylic acids is 1. The number of allylic oxidation sites excluding steroid dienone is 1. The predicted molar refractivity (Wildman–Crippen MR) is 129 cm³/mol. The van der Waals surface area contributed by atoms with Crippen LogP contribution in [0.2, 0.25) is 10.0 Å². The number of halogens is 2. The van der Waals surface area contributed by atoms with E-state index in [0.717, 1.165) is 55.9 Å². The quantitative estimate of drug-likeness (QED) is 0.428. The average molecular weight is 484 g/mol. The Morgan fingerprint density at radius 1 is 1.09 bits per heavy atom. The van der Waals surface area contributed by atoms with Crippen LogP contribution in [-0.2, 0) is 0 Å². The first-order chi connectivity index (χ1) is 16.0. The Morgan fingerprint density at radius 3 is 2.42 bits per heavy atom. The van der Waals surface area contributed by atoms with Gasteiger partial charge in [0.2, 0.25) is 0 Å². The summed E-state index contributed by atoms with van der Waals surface area (Å²) in [6.45, 7) is 1.72. The molecule has 5 rings (SSSR count). The van der Waals surface area contributed by atoms with E-state index < -0.39 is 5.97 Å². The van der Waals surface area contributed by atoms with Crippen molar-refractivity contribution in [3.05, 3.63) is 69.5 Å². The van der Waals surface area contributed by atoms with Crippen molar-refractivity contribution >= 4 is 41.1 Å². The summed E-state index contributed by atoms with van der Waals surface area (Å²) in [4.78, 5) is 17.5. The number of carboxylic acids is 1. The zero-order valence-electron chi connectivity index (χ0n) is 17.9. The van der Waals surface area contributed by atoms with E-state index in [1.54, 1.807) is 12.1 Å². The fourth-order valence-corrected chi connectivity index (χ4v) is 4.84. The number of pyridine rings is 1. The lowest BCUT2D eigenvalue weighted by Gasteiger charge is -2.31. The molecule has 8 heteroatoms. The lowest BCUT2D eigenvalue weighted by atomic mass is 9.94. The highest BCUT2D eigenvalue weighted by Gasteiger charge is 2.32. The van der Waals surface area contributed by atoms with Crippen LogP contribution in [0.3, 0.4) is 0 Å². The first kappa shape index (κ1) is 22.0. The van der Waals surface area contributed by atoms with Crippen LogP contribution in [0.4, 0.5) is 5.82 Å². The highest BCUT2D eigenvalue weighted by molar-refractivity contribution is 6.39. The number of hydrogen-bond acceptors (Lipinski definition) is 5. The molecule has 2 aromatic heterocycles. The maximum absolute atomic E-state index is 11.0. The number of anilines is 1. The zero-order valence-corrected chi connectivity index (χ0v) is 19.4. The molecule has 3 heterocycles. The number of nitrogens with zero attached hydrogens (tertiary/aromatic N) is 3. The van der Waals surface area contributed by atoms with Gasteiger partial charge in [0.25, 0.3) is 0 Å². The molecule has 1 saturated carbocycles. The normalized spacial score (nSPS) is 17.1. The van der Waals surface area contributed by atoms with Crippen LogP contribution >= 0.6 is 23.2 Å². The molecule has 1 aliphatic heterocycles. The molecular formula is C25H23Cl2N3O3. The van der Waals surface area contributed by atoms with Crippen LogP contribution in [-0.4, -0.2) is 34.3 Å². The van der Waals surface area contributed by atoms with Crippen molar-refractivity contribution in [3.63, 3.8) is 0 Å². The Labute approximate surface area is 201 Å². The van der Waals surface area contributed by atoms with E-state index in [2.05, 4.69) is 27.2 Å². The van der Waals surface area contributed by atoms with Crippen molar-refractivity contribution in [2.24, 2.45) is 5.92 Å². The minimum atomic E-state index is -0.963. The second-order valence-electron chi connectivity index (χ2n) is 8.57. The average Bonchev–Trinajstić information content (AvgIpc) is 3.58. The van der Waals surface area contributed by atoms with Gasteiger partial charge >= 0.3 is 5.97 Å². The standard InChI is InChI=1S/C25H23Cl2N3O3/c26-19-2-1-3-20(27)22(19)23-18(24(33-29-23)16-5-6-16)8-4-15-10-12-30(13-11-15)21-9-7-17(14-28-21)25(31)32/h1-4,7-9,14-16H,5-6,10-13H2,(H,31,32)/b8-4+. The molecule has 1 N–H and O–H groups in total. The molecule has 3 aromatic rings. The van der Waals surface area contributed by atoms with Gasteiger partial charge in [-0.05, 0) is 55.9 Å². The number of piperidine rings is 1. The van der Waals surface area contributed by atoms with Gasteiger partial charge in [-0.2, -0.15) is 0 Å². The fourth-order valence-electron chi connectivity index (χ4n) is 4.27. The third-order valence-corrected chi connectivity index (χ3v) is 6.93. The van der Waals surface area contributed by atoms with Crippen LogP contribution in [0.25, 0.3) is 17.3 Å². The van der Waals surface area contributed by atoms with Crippen LogP contribution < -0.4 is 4.90 Å². The second-order valence-corrected chi connectivity index (χ2v) is 9.39. The smallest absolute Gasteiger partial charge is 0.337 e. The first-order valence-corrected chi connectivity index (χ1v) is 11.8. The molecular weight excluding hydrogens is 461 g/mol. The molecule has 0 unspecified atom stereocenters. The van der Waals surface area contributed by atoms with E-state index in [0.29, 0.717) is 33.1 Å². The van der Waals surface area contributed by atoms with Gasteiger partial charge in [-0.25, -0.2) is 9.78 Å². The SMILES string of the molecule is O=C(O)c1ccc(N2CCC(/C=C/c3c(-c4c(Cl)cccc4Cl)noc3C3CC3)CC2)nc1. The molecule has 0 spiro atoms. The monoisotopic (exact) mass is 483 g/mol. The molecule has 2 fully saturated rings. The minimum absolute atomic E-state index is 0.200. The molecule has 0 amide bonds. The lowest BCUT2D eigenvalue weighted by molar-refractivity contribution is 0.0696. The lowest BCUT2D eigenvalue weighted by Crippen LogP contribution is -2.33. The van der Waals surface area contributed by atoms with Gasteiger partial charge in [-0.15, -0.1) is 0 Å². The fraction of sp³-hybridized carbons (Fsp3) is 0.320. The Kier molecular flexibility index (Phi) is 6.13. The van der Waals surface area contributed by atoms with Crippen LogP contribution in [0.1, 0.15) is 53.3 Å². The van der Waals surface area contributed by atoms with E-state index in [9.17, 15) is 4.79 Å². The molecule has 2 aliphatic rings.